The number of nitrogens with one attached hydrogen (secondary N) is 1. The second kappa shape index (κ2) is 13.4. The van der Waals surface area contributed by atoms with Crippen molar-refractivity contribution in [1.29, 1.82) is 0 Å². The Morgan fingerprint density at radius 3 is 2.42 bits per heavy atom. The summed E-state index contributed by atoms with van der Waals surface area (Å²) in [7, 11) is 1.54. The van der Waals surface area contributed by atoms with Gasteiger partial charge in [-0.3, -0.25) is 19.3 Å². The highest BCUT2D eigenvalue weighted by Gasteiger charge is 2.36. The van der Waals surface area contributed by atoms with E-state index in [1.807, 2.05) is 37.3 Å². The summed E-state index contributed by atoms with van der Waals surface area (Å²) < 4.78 is 11.7. The number of thioether (sulfide) groups is 1. The Morgan fingerprint density at radius 1 is 1.07 bits per heavy atom. The summed E-state index contributed by atoms with van der Waals surface area (Å²) in [5, 5.41) is 2.87. The van der Waals surface area contributed by atoms with Gasteiger partial charge in [0.2, 0.25) is 5.91 Å². The van der Waals surface area contributed by atoms with E-state index >= 15 is 0 Å². The molecule has 0 bridgehead atoms. The van der Waals surface area contributed by atoms with Gasteiger partial charge in [-0.05, 0) is 83.8 Å². The Balaban J connectivity index is 1.50. The van der Waals surface area contributed by atoms with Crippen molar-refractivity contribution >= 4 is 52.2 Å². The molecule has 0 unspecified atom stereocenters. The van der Waals surface area contributed by atoms with Gasteiger partial charge in [0, 0.05) is 16.3 Å². The molecule has 1 heterocycles. The molecule has 1 N–H and O–H groups in total. The minimum absolute atomic E-state index is 0.214. The molecule has 9 heteroatoms. The SMILES string of the molecule is C=CCc1cc(/C=C2\SC(=O)N(CC(=O)Nc3ccc(CC)cc3)C2=O)cc(OC)c1OCc1ccc(Cl)cc1. The van der Waals surface area contributed by atoms with Gasteiger partial charge in [0.15, 0.2) is 11.5 Å². The summed E-state index contributed by atoms with van der Waals surface area (Å²) in [4.78, 5) is 39.4. The van der Waals surface area contributed by atoms with E-state index in [-0.39, 0.29) is 11.4 Å². The van der Waals surface area contributed by atoms with E-state index in [2.05, 4.69) is 11.9 Å². The third-order valence-electron chi connectivity index (χ3n) is 6.15. The highest BCUT2D eigenvalue weighted by molar-refractivity contribution is 8.18. The summed E-state index contributed by atoms with van der Waals surface area (Å²) in [6, 6.07) is 18.4. The Bertz CT molecular complexity index is 1450. The van der Waals surface area contributed by atoms with E-state index in [0.29, 0.717) is 40.8 Å². The van der Waals surface area contributed by atoms with Crippen LogP contribution in [0, 0.1) is 0 Å². The number of benzene rings is 3. The molecule has 1 aliphatic rings. The molecule has 7 nitrogen and oxygen atoms in total. The minimum atomic E-state index is -0.529. The monoisotopic (exact) mass is 576 g/mol. The lowest BCUT2D eigenvalue weighted by Gasteiger charge is -2.16. The number of rotatable bonds is 11. The number of hydrogen-bond acceptors (Lipinski definition) is 6. The minimum Gasteiger partial charge on any atom is -0.493 e. The number of anilines is 1. The van der Waals surface area contributed by atoms with E-state index in [9.17, 15) is 14.4 Å². The zero-order valence-electron chi connectivity index (χ0n) is 22.2. The molecule has 206 valence electrons. The lowest BCUT2D eigenvalue weighted by molar-refractivity contribution is -0.127. The van der Waals surface area contributed by atoms with Crippen LogP contribution in [0.3, 0.4) is 0 Å². The number of methoxy groups -OCH3 is 1. The molecule has 0 saturated carbocycles. The van der Waals surface area contributed by atoms with E-state index in [0.717, 1.165) is 39.8 Å². The van der Waals surface area contributed by atoms with Crippen LogP contribution in [0.4, 0.5) is 10.5 Å². The average molecular weight is 577 g/mol. The summed E-state index contributed by atoms with van der Waals surface area (Å²) in [5.41, 5.74) is 4.14. The van der Waals surface area contributed by atoms with Gasteiger partial charge < -0.3 is 14.8 Å². The Labute approximate surface area is 242 Å². The van der Waals surface area contributed by atoms with Crippen molar-refractivity contribution in [2.75, 3.05) is 19.0 Å². The number of carbonyl (C=O) groups excluding carboxylic acids is 3. The number of carbonyl (C=O) groups is 3. The van der Waals surface area contributed by atoms with Gasteiger partial charge in [-0.2, -0.15) is 0 Å². The number of ether oxygens (including phenoxy) is 2. The maximum Gasteiger partial charge on any atom is 0.294 e. The van der Waals surface area contributed by atoms with Crippen LogP contribution in [-0.4, -0.2) is 35.6 Å². The van der Waals surface area contributed by atoms with Crippen LogP contribution in [0.15, 0.2) is 78.2 Å². The maximum absolute atomic E-state index is 13.1. The standard InChI is InChI=1S/C31H29ClN2O5S/c1-4-6-23-15-22(16-26(38-3)29(23)39-19-21-7-11-24(32)12-8-21)17-27-30(36)34(31(37)40-27)18-28(35)33-25-13-9-20(5-2)10-14-25/h4,7-17H,1,5-6,18-19H2,2-3H3,(H,33,35)/b27-17-. The van der Waals surface area contributed by atoms with Crippen LogP contribution in [0.5, 0.6) is 11.5 Å². The van der Waals surface area contributed by atoms with Crippen LogP contribution in [0.25, 0.3) is 6.08 Å². The van der Waals surface area contributed by atoms with Gasteiger partial charge in [-0.15, -0.1) is 6.58 Å². The molecular weight excluding hydrogens is 548 g/mol. The molecule has 4 rings (SSSR count). The molecule has 0 aliphatic carbocycles. The maximum atomic E-state index is 13.1. The van der Waals surface area contributed by atoms with Gasteiger partial charge in [0.05, 0.1) is 12.0 Å². The van der Waals surface area contributed by atoms with Gasteiger partial charge in [-0.25, -0.2) is 0 Å². The van der Waals surface area contributed by atoms with Crippen LogP contribution in [-0.2, 0) is 29.0 Å². The quantitative estimate of drug-likeness (QED) is 0.197. The first kappa shape index (κ1) is 29.0. The van der Waals surface area contributed by atoms with Crippen molar-refractivity contribution in [3.63, 3.8) is 0 Å². The third kappa shape index (κ3) is 7.14. The van der Waals surface area contributed by atoms with Gasteiger partial charge >= 0.3 is 0 Å². The number of hydrogen-bond donors (Lipinski definition) is 1. The lowest BCUT2D eigenvalue weighted by Crippen LogP contribution is -2.36. The first-order chi connectivity index (χ1) is 19.3. The molecule has 0 atom stereocenters. The molecule has 1 aliphatic heterocycles. The van der Waals surface area contributed by atoms with Crippen molar-refractivity contribution in [2.45, 2.75) is 26.4 Å². The number of nitrogens with zero attached hydrogens (tertiary/aromatic N) is 1. The van der Waals surface area contributed by atoms with Crippen molar-refractivity contribution in [3.05, 3.63) is 106 Å². The average Bonchev–Trinajstić information content (AvgIpc) is 3.20. The molecule has 1 saturated heterocycles. The Hall–Kier alpha value is -4.01. The first-order valence-corrected chi connectivity index (χ1v) is 13.8. The summed E-state index contributed by atoms with van der Waals surface area (Å²) in [5.74, 6) is 0.0576. The summed E-state index contributed by atoms with van der Waals surface area (Å²) in [6.07, 6.45) is 4.74. The van der Waals surface area contributed by atoms with Crippen LogP contribution >= 0.6 is 23.4 Å². The van der Waals surface area contributed by atoms with Crippen molar-refractivity contribution < 1.29 is 23.9 Å². The Kier molecular flexibility index (Phi) is 9.69. The van der Waals surface area contributed by atoms with Gasteiger partial charge in [-0.1, -0.05) is 48.9 Å². The smallest absolute Gasteiger partial charge is 0.294 e. The fourth-order valence-electron chi connectivity index (χ4n) is 4.08. The highest BCUT2D eigenvalue weighted by atomic mass is 35.5. The second-order valence-corrected chi connectivity index (χ2v) is 10.4. The molecule has 3 aromatic carbocycles. The molecule has 40 heavy (non-hydrogen) atoms. The van der Waals surface area contributed by atoms with E-state index in [4.69, 9.17) is 21.1 Å². The fourth-order valence-corrected chi connectivity index (χ4v) is 5.05. The van der Waals surface area contributed by atoms with Crippen LogP contribution in [0.2, 0.25) is 5.02 Å². The molecule has 1 fully saturated rings. The predicted molar refractivity (Wildman–Crippen MR) is 160 cm³/mol. The van der Waals surface area contributed by atoms with E-state index in [1.165, 1.54) is 7.11 Å². The Morgan fingerprint density at radius 2 is 1.77 bits per heavy atom. The molecule has 3 aromatic rings. The van der Waals surface area contributed by atoms with Crippen molar-refractivity contribution in [1.82, 2.24) is 4.90 Å². The normalized spacial score (nSPS) is 14.0. The van der Waals surface area contributed by atoms with Gasteiger partial charge in [0.25, 0.3) is 11.1 Å². The molecular formula is C31H29ClN2O5S. The second-order valence-electron chi connectivity index (χ2n) is 8.99. The molecule has 0 radical (unpaired) electrons. The largest absolute Gasteiger partial charge is 0.493 e. The van der Waals surface area contributed by atoms with Gasteiger partial charge in [0.1, 0.15) is 13.2 Å². The molecule has 0 aromatic heterocycles. The summed E-state index contributed by atoms with van der Waals surface area (Å²) >= 11 is 6.77. The van der Waals surface area contributed by atoms with Crippen molar-refractivity contribution in [2.24, 2.45) is 0 Å². The van der Waals surface area contributed by atoms with Crippen LogP contribution < -0.4 is 14.8 Å². The number of allylic oxidation sites excluding steroid dienone is 1. The zero-order valence-corrected chi connectivity index (χ0v) is 23.8. The summed E-state index contributed by atoms with van der Waals surface area (Å²) in [6.45, 7) is 5.81. The first-order valence-electron chi connectivity index (χ1n) is 12.6. The lowest BCUT2D eigenvalue weighted by atomic mass is 10.0. The topological polar surface area (TPSA) is 84.9 Å². The number of aryl methyl sites for hydroxylation is 1. The van der Waals surface area contributed by atoms with E-state index < -0.39 is 17.1 Å². The zero-order chi connectivity index (χ0) is 28.6. The third-order valence-corrected chi connectivity index (χ3v) is 7.31. The molecule has 3 amide bonds. The highest BCUT2D eigenvalue weighted by Crippen LogP contribution is 2.37. The number of amides is 3. The van der Waals surface area contributed by atoms with Crippen LogP contribution in [0.1, 0.15) is 29.2 Å². The van der Waals surface area contributed by atoms with E-state index in [1.54, 1.807) is 42.5 Å². The predicted octanol–water partition coefficient (Wildman–Crippen LogP) is 6.89. The number of imide groups is 1. The molecule has 0 spiro atoms. The van der Waals surface area contributed by atoms with Crippen molar-refractivity contribution in [3.8, 4) is 11.5 Å². The fraction of sp³-hybridized carbons (Fsp3) is 0.194. The number of halogens is 1.